The largest absolute Gasteiger partial charge is 0.393 e. The number of nitrogens with zero attached hydrogens (tertiary/aromatic N) is 5. The summed E-state index contributed by atoms with van der Waals surface area (Å²) < 4.78 is 32.2. The van der Waals surface area contributed by atoms with Crippen LogP contribution in [-0.2, 0) is 17.1 Å². The van der Waals surface area contributed by atoms with Crippen LogP contribution >= 0.6 is 23.4 Å². The predicted octanol–water partition coefficient (Wildman–Crippen LogP) is 9.88. The SMILES string of the molecule is Cc1cc(S(=O)(=O)Nc2ccc(N3CCN(c4cccc(-c5c(C(=O)N6CCC(O)CC6)c(C)n(C)c5-c5ccc(Cl)cc5)c4)CC3)cc2)ccc1N[C@H](CCN(C)C)CSc1ccccc1. The Hall–Kier alpha value is -5.44. The highest BCUT2D eigenvalue weighted by molar-refractivity contribution is 7.99. The molecule has 2 aliphatic rings. The van der Waals surface area contributed by atoms with Crippen molar-refractivity contribution in [2.24, 2.45) is 7.05 Å². The van der Waals surface area contributed by atoms with Crippen molar-refractivity contribution in [1.82, 2.24) is 14.4 Å². The van der Waals surface area contributed by atoms with Gasteiger partial charge >= 0.3 is 0 Å². The fourth-order valence-electron chi connectivity index (χ4n) is 9.06. The van der Waals surface area contributed by atoms with Crippen LogP contribution in [0.25, 0.3) is 22.4 Å². The van der Waals surface area contributed by atoms with Gasteiger partial charge in [0.1, 0.15) is 0 Å². The molecule has 0 radical (unpaired) electrons. The predicted molar refractivity (Wildman–Crippen MR) is 278 cm³/mol. The second-order valence-corrected chi connectivity index (χ2v) is 21.2. The maximum Gasteiger partial charge on any atom is 0.261 e. The summed E-state index contributed by atoms with van der Waals surface area (Å²) in [6, 6.07) is 39.8. The lowest BCUT2D eigenvalue weighted by Crippen LogP contribution is -2.46. The van der Waals surface area contributed by atoms with Gasteiger partial charge in [-0.2, -0.15) is 0 Å². The molecule has 14 heteroatoms. The van der Waals surface area contributed by atoms with E-state index in [1.165, 1.54) is 4.90 Å². The third-order valence-corrected chi connectivity index (χ3v) is 15.8. The number of amides is 1. The molecule has 1 aromatic heterocycles. The standard InChI is InChI=1S/C53H62ClN7O4S2/c1-37-34-48(22-23-49(37)55-43(24-27-57(3)4)36-66-47-12-7-6-8-13-47)67(64,65)56-42-18-20-44(21-19-42)59-30-32-60(33-31-59)45-11-9-10-40(35-45)51-50(53(63)61-28-25-46(62)26-29-61)38(2)58(5)52(51)39-14-16-41(54)17-15-39/h6-23,34-35,43,46,55-56,62H,24-33,36H2,1-5H3/t43-/m1/s1. The minimum absolute atomic E-state index is 0.0145. The van der Waals surface area contributed by atoms with Crippen LogP contribution < -0.4 is 19.8 Å². The zero-order valence-electron chi connectivity index (χ0n) is 39.1. The van der Waals surface area contributed by atoms with Crippen molar-refractivity contribution in [2.45, 2.75) is 55.0 Å². The Labute approximate surface area is 405 Å². The van der Waals surface area contributed by atoms with Gasteiger partial charge in [0.25, 0.3) is 15.9 Å². The molecule has 8 rings (SSSR count). The first-order chi connectivity index (χ1) is 32.2. The Balaban J connectivity index is 0.925. The first-order valence-corrected chi connectivity index (χ1v) is 25.9. The highest BCUT2D eigenvalue weighted by atomic mass is 35.5. The summed E-state index contributed by atoms with van der Waals surface area (Å²) in [7, 11) is 2.34. The molecule has 0 spiro atoms. The molecular weight excluding hydrogens is 898 g/mol. The minimum Gasteiger partial charge on any atom is -0.393 e. The quantitative estimate of drug-likeness (QED) is 0.0817. The lowest BCUT2D eigenvalue weighted by Gasteiger charge is -2.37. The van der Waals surface area contributed by atoms with Gasteiger partial charge in [-0.25, -0.2) is 8.42 Å². The average molecular weight is 961 g/mol. The molecule has 3 heterocycles. The monoisotopic (exact) mass is 959 g/mol. The molecule has 67 heavy (non-hydrogen) atoms. The summed E-state index contributed by atoms with van der Waals surface area (Å²) in [6.07, 6.45) is 1.72. The molecular formula is C53H62ClN7O4S2. The number of aliphatic hydroxyl groups is 1. The van der Waals surface area contributed by atoms with Crippen molar-refractivity contribution in [1.29, 1.82) is 0 Å². The van der Waals surface area contributed by atoms with Crippen LogP contribution in [0.2, 0.25) is 5.02 Å². The van der Waals surface area contributed by atoms with Crippen LogP contribution in [0.3, 0.4) is 0 Å². The summed E-state index contributed by atoms with van der Waals surface area (Å²) >= 11 is 8.15. The summed E-state index contributed by atoms with van der Waals surface area (Å²) in [5.41, 5.74) is 9.78. The molecule has 3 N–H and O–H groups in total. The fourth-order valence-corrected chi connectivity index (χ4v) is 11.3. The van der Waals surface area contributed by atoms with Crippen molar-refractivity contribution in [3.8, 4) is 22.4 Å². The number of aromatic nitrogens is 1. The Kier molecular flexibility index (Phi) is 15.2. The van der Waals surface area contributed by atoms with Gasteiger partial charge in [0.2, 0.25) is 0 Å². The van der Waals surface area contributed by atoms with Crippen molar-refractivity contribution >= 4 is 62.0 Å². The first kappa shape index (κ1) is 48.0. The molecule has 11 nitrogen and oxygen atoms in total. The van der Waals surface area contributed by atoms with Crippen LogP contribution in [-0.4, -0.2) is 112 Å². The third-order valence-electron chi connectivity index (χ3n) is 13.0. The number of carbonyl (C=O) groups is 1. The van der Waals surface area contributed by atoms with E-state index in [0.29, 0.717) is 42.2 Å². The number of piperazine rings is 1. The van der Waals surface area contributed by atoms with E-state index >= 15 is 0 Å². The van der Waals surface area contributed by atoms with E-state index in [1.54, 1.807) is 12.1 Å². The van der Waals surface area contributed by atoms with E-state index < -0.39 is 10.0 Å². The summed E-state index contributed by atoms with van der Waals surface area (Å²) in [5, 5.41) is 14.5. The number of benzene rings is 5. The Morgan fingerprint density at radius 2 is 1.48 bits per heavy atom. The number of aliphatic hydroxyl groups excluding tert-OH is 1. The number of nitrogens with one attached hydrogen (secondary N) is 2. The zero-order chi connectivity index (χ0) is 47.2. The molecule has 2 saturated heterocycles. The highest BCUT2D eigenvalue weighted by Gasteiger charge is 2.31. The van der Waals surface area contributed by atoms with Gasteiger partial charge in [-0.3, -0.25) is 9.52 Å². The lowest BCUT2D eigenvalue weighted by molar-refractivity contribution is 0.0546. The van der Waals surface area contributed by atoms with Gasteiger partial charge in [-0.1, -0.05) is 54.1 Å². The number of hydrogen-bond donors (Lipinski definition) is 3. The van der Waals surface area contributed by atoms with Crippen LogP contribution in [0.5, 0.6) is 0 Å². The number of piperidine rings is 1. The van der Waals surface area contributed by atoms with E-state index in [-0.39, 0.29) is 22.9 Å². The molecule has 0 unspecified atom stereocenters. The molecule has 2 fully saturated rings. The topological polar surface area (TPSA) is 113 Å². The van der Waals surface area contributed by atoms with E-state index in [0.717, 1.165) is 95.6 Å². The number of thioether (sulfide) groups is 1. The van der Waals surface area contributed by atoms with Crippen molar-refractivity contribution in [3.63, 3.8) is 0 Å². The third kappa shape index (κ3) is 11.5. The zero-order valence-corrected chi connectivity index (χ0v) is 41.5. The van der Waals surface area contributed by atoms with Crippen LogP contribution in [0.1, 0.15) is 40.9 Å². The fraction of sp³-hybridized carbons (Fsp3) is 0.340. The number of carbonyl (C=O) groups excluding carboxylic acids is 1. The van der Waals surface area contributed by atoms with E-state index in [2.05, 4.69) is 91.9 Å². The van der Waals surface area contributed by atoms with Crippen molar-refractivity contribution < 1.29 is 18.3 Å². The highest BCUT2D eigenvalue weighted by Crippen LogP contribution is 2.41. The number of anilines is 4. The molecule has 0 aliphatic carbocycles. The number of aryl methyl sites for hydroxylation is 1. The van der Waals surface area contributed by atoms with Gasteiger partial charge in [0.15, 0.2) is 0 Å². The second-order valence-electron chi connectivity index (χ2n) is 18.0. The summed E-state index contributed by atoms with van der Waals surface area (Å²) in [6.45, 7) is 9.06. The first-order valence-electron chi connectivity index (χ1n) is 23.1. The Morgan fingerprint density at radius 1 is 0.806 bits per heavy atom. The maximum absolute atomic E-state index is 14.4. The van der Waals surface area contributed by atoms with Crippen LogP contribution in [0.15, 0.2) is 131 Å². The smallest absolute Gasteiger partial charge is 0.261 e. The summed E-state index contributed by atoms with van der Waals surface area (Å²) in [5.74, 6) is 0.873. The van der Waals surface area contributed by atoms with Crippen molar-refractivity contribution in [2.75, 3.05) is 85.5 Å². The Morgan fingerprint density at radius 3 is 2.13 bits per heavy atom. The van der Waals surface area contributed by atoms with Gasteiger partial charge in [-0.15, -0.1) is 11.8 Å². The number of rotatable bonds is 16. The van der Waals surface area contributed by atoms with Gasteiger partial charge in [0, 0.05) is 102 Å². The van der Waals surface area contributed by atoms with Crippen LogP contribution in [0, 0.1) is 13.8 Å². The average Bonchev–Trinajstić information content (AvgIpc) is 3.60. The lowest BCUT2D eigenvalue weighted by atomic mass is 9.95. The minimum atomic E-state index is -3.83. The van der Waals surface area contributed by atoms with Gasteiger partial charge in [-0.05, 0) is 149 Å². The maximum atomic E-state index is 14.4. The summed E-state index contributed by atoms with van der Waals surface area (Å²) in [4.78, 5) is 24.6. The molecule has 0 bridgehead atoms. The number of halogens is 1. The molecule has 1 atom stereocenters. The van der Waals surface area contributed by atoms with E-state index in [1.807, 2.05) is 98.2 Å². The Bertz CT molecular complexity index is 2750. The van der Waals surface area contributed by atoms with E-state index in [9.17, 15) is 18.3 Å². The van der Waals surface area contributed by atoms with Crippen LogP contribution in [0.4, 0.5) is 22.7 Å². The molecule has 352 valence electrons. The molecule has 2 aliphatic heterocycles. The van der Waals surface area contributed by atoms with E-state index in [4.69, 9.17) is 11.6 Å². The van der Waals surface area contributed by atoms with Crippen molar-refractivity contribution in [3.05, 3.63) is 143 Å². The van der Waals surface area contributed by atoms with Gasteiger partial charge < -0.3 is 34.6 Å². The number of hydrogen-bond acceptors (Lipinski definition) is 9. The molecule has 0 saturated carbocycles. The van der Waals surface area contributed by atoms with Gasteiger partial charge in [0.05, 0.1) is 22.3 Å². The normalized spacial score (nSPS) is 15.3. The number of sulfonamides is 1. The molecule has 5 aromatic carbocycles. The molecule has 1 amide bonds. The second kappa shape index (κ2) is 21.2. The number of likely N-dealkylation sites (tertiary alicyclic amines) is 1. The molecule has 6 aromatic rings.